The van der Waals surface area contributed by atoms with Gasteiger partial charge in [0.1, 0.15) is 23.7 Å². The number of nitrogens with one attached hydrogen (secondary N) is 3. The first-order valence-corrected chi connectivity index (χ1v) is 20.0. The molecule has 0 saturated carbocycles. The van der Waals surface area contributed by atoms with E-state index in [1.165, 1.54) is 19.0 Å². The Kier molecular flexibility index (Phi) is 13.6. The third kappa shape index (κ3) is 8.89. The van der Waals surface area contributed by atoms with Crippen molar-refractivity contribution in [1.82, 2.24) is 49.0 Å². The minimum Gasteiger partial charge on any atom is -0.360 e. The van der Waals surface area contributed by atoms with Crippen LogP contribution in [0.15, 0.2) is 144 Å². The topological polar surface area (TPSA) is 191 Å². The maximum Gasteiger partial charge on any atom is 0.264 e. The largest absolute Gasteiger partial charge is 0.360 e. The Balaban J connectivity index is 0.000000156. The number of hydrogen-bond donors (Lipinski definition) is 4. The first-order chi connectivity index (χ1) is 29.6. The number of imidazole rings is 2. The molecule has 10 aromatic rings. The van der Waals surface area contributed by atoms with Gasteiger partial charge in [0.25, 0.3) is 11.1 Å². The molecule has 0 unspecified atom stereocenters. The number of aromatic nitrogens is 10. The lowest BCUT2D eigenvalue weighted by Crippen LogP contribution is -2.25. The summed E-state index contributed by atoms with van der Waals surface area (Å²) in [5.41, 5.74) is 11.4. The molecular formula is C44H36Cl3IN12O2. The number of para-hydroxylation sites is 2. The molecule has 0 saturated heterocycles. The van der Waals surface area contributed by atoms with E-state index in [2.05, 4.69) is 45.2 Å². The van der Waals surface area contributed by atoms with E-state index in [0.717, 1.165) is 33.5 Å². The highest BCUT2D eigenvalue weighted by molar-refractivity contribution is 14.0. The van der Waals surface area contributed by atoms with E-state index in [4.69, 9.17) is 40.5 Å². The molecule has 6 aromatic heterocycles. The van der Waals surface area contributed by atoms with Crippen LogP contribution in [0.1, 0.15) is 37.3 Å². The van der Waals surface area contributed by atoms with Crippen LogP contribution in [-0.2, 0) is 0 Å². The second-order valence-corrected chi connectivity index (χ2v) is 14.9. The zero-order valence-corrected chi connectivity index (χ0v) is 37.5. The maximum absolute atomic E-state index is 13.5. The fourth-order valence-electron chi connectivity index (χ4n) is 6.91. The van der Waals surface area contributed by atoms with Crippen molar-refractivity contribution in [3.05, 3.63) is 182 Å². The molecule has 0 amide bonds. The smallest absolute Gasteiger partial charge is 0.264 e. The summed E-state index contributed by atoms with van der Waals surface area (Å²) < 4.78 is 3.33. The molecule has 312 valence electrons. The van der Waals surface area contributed by atoms with Crippen LogP contribution in [-0.4, -0.2) is 49.0 Å². The van der Waals surface area contributed by atoms with Crippen LogP contribution in [0.5, 0.6) is 0 Å². The minimum atomic E-state index is -0.263. The van der Waals surface area contributed by atoms with Crippen LogP contribution in [0.3, 0.4) is 0 Å². The summed E-state index contributed by atoms with van der Waals surface area (Å²) in [6.45, 7) is 3.85. The van der Waals surface area contributed by atoms with E-state index in [-0.39, 0.29) is 47.2 Å². The Morgan fingerprint density at radius 2 is 1.08 bits per heavy atom. The zero-order chi connectivity index (χ0) is 42.6. The second kappa shape index (κ2) is 19.2. The number of fused-ring (bicyclic) bond motifs is 4. The average molecular weight is 998 g/mol. The van der Waals surface area contributed by atoms with E-state index in [9.17, 15) is 9.59 Å². The van der Waals surface area contributed by atoms with Gasteiger partial charge in [-0.05, 0) is 73.2 Å². The van der Waals surface area contributed by atoms with Gasteiger partial charge < -0.3 is 21.0 Å². The van der Waals surface area contributed by atoms with Gasteiger partial charge >= 0.3 is 0 Å². The van der Waals surface area contributed by atoms with Crippen molar-refractivity contribution in [3.8, 4) is 11.4 Å². The van der Waals surface area contributed by atoms with E-state index < -0.39 is 0 Å². The van der Waals surface area contributed by atoms with Gasteiger partial charge in [0.2, 0.25) is 0 Å². The Bertz CT molecular complexity index is 3290. The molecule has 18 heteroatoms. The van der Waals surface area contributed by atoms with Crippen molar-refractivity contribution in [1.29, 1.82) is 0 Å². The lowest BCUT2D eigenvalue weighted by Gasteiger charge is -2.21. The number of halogens is 4. The van der Waals surface area contributed by atoms with Gasteiger partial charge in [-0.25, -0.2) is 29.9 Å². The minimum absolute atomic E-state index is 0. The fraction of sp³-hybridized carbons (Fsp3) is 0.0909. The fourth-order valence-corrected chi connectivity index (χ4v) is 7.62. The van der Waals surface area contributed by atoms with Crippen LogP contribution in [0.2, 0.25) is 15.2 Å². The summed E-state index contributed by atoms with van der Waals surface area (Å²) in [7, 11) is 0. The molecule has 2 atom stereocenters. The van der Waals surface area contributed by atoms with Crippen molar-refractivity contribution < 1.29 is 0 Å². The van der Waals surface area contributed by atoms with E-state index in [1.54, 1.807) is 27.6 Å². The molecule has 14 nitrogen and oxygen atoms in total. The van der Waals surface area contributed by atoms with Gasteiger partial charge in [-0.1, -0.05) is 95.5 Å². The second-order valence-electron chi connectivity index (χ2n) is 13.7. The molecule has 0 aliphatic heterocycles. The third-order valence-corrected chi connectivity index (χ3v) is 10.7. The number of pyridine rings is 2. The average Bonchev–Trinajstić information content (AvgIpc) is 3.96. The number of benzene rings is 4. The maximum atomic E-state index is 13.5. The van der Waals surface area contributed by atoms with Crippen molar-refractivity contribution in [2.24, 2.45) is 5.73 Å². The number of rotatable bonds is 6. The van der Waals surface area contributed by atoms with Gasteiger partial charge in [0, 0.05) is 28.8 Å². The summed E-state index contributed by atoms with van der Waals surface area (Å²) in [4.78, 5) is 56.5. The van der Waals surface area contributed by atoms with Gasteiger partial charge in [0.15, 0.2) is 22.3 Å². The summed E-state index contributed by atoms with van der Waals surface area (Å²) >= 11 is 18.3. The lowest BCUT2D eigenvalue weighted by atomic mass is 10.1. The summed E-state index contributed by atoms with van der Waals surface area (Å²) in [6, 6.07) is 33.3. The highest BCUT2D eigenvalue weighted by Crippen LogP contribution is 2.29. The van der Waals surface area contributed by atoms with Crippen LogP contribution >= 0.6 is 58.8 Å². The molecule has 62 heavy (non-hydrogen) atoms. The van der Waals surface area contributed by atoms with Crippen molar-refractivity contribution in [2.75, 3.05) is 5.32 Å². The Labute approximate surface area is 385 Å². The molecule has 0 aliphatic carbocycles. The van der Waals surface area contributed by atoms with Crippen molar-refractivity contribution >= 4 is 108 Å². The Hall–Kier alpha value is -6.24. The van der Waals surface area contributed by atoms with Gasteiger partial charge in [-0.15, -0.1) is 24.0 Å². The normalized spacial score (nSPS) is 11.9. The highest BCUT2D eigenvalue weighted by atomic mass is 127. The van der Waals surface area contributed by atoms with Gasteiger partial charge in [-0.3, -0.25) is 18.7 Å². The summed E-state index contributed by atoms with van der Waals surface area (Å²) in [5.74, 6) is 0.614. The number of H-pyrrole nitrogens is 2. The molecular weight excluding hydrogens is 962 g/mol. The lowest BCUT2D eigenvalue weighted by molar-refractivity contribution is 0.734. The number of nitrogens with zero attached hydrogens (tertiary/aromatic N) is 8. The van der Waals surface area contributed by atoms with Crippen LogP contribution in [0.4, 0.5) is 5.82 Å². The highest BCUT2D eigenvalue weighted by Gasteiger charge is 2.20. The van der Waals surface area contributed by atoms with E-state index in [0.29, 0.717) is 54.1 Å². The third-order valence-electron chi connectivity index (χ3n) is 9.74. The molecule has 10 rings (SSSR count). The van der Waals surface area contributed by atoms with Crippen LogP contribution in [0, 0.1) is 0 Å². The predicted octanol–water partition coefficient (Wildman–Crippen LogP) is 9.77. The van der Waals surface area contributed by atoms with Crippen LogP contribution < -0.4 is 22.2 Å². The number of aromatic amines is 2. The quantitative estimate of drug-likeness (QED) is 0.0922. The zero-order valence-electron chi connectivity index (χ0n) is 32.9. The van der Waals surface area contributed by atoms with Crippen molar-refractivity contribution in [3.63, 3.8) is 0 Å². The molecule has 0 spiro atoms. The van der Waals surface area contributed by atoms with E-state index in [1.807, 2.05) is 111 Å². The first kappa shape index (κ1) is 43.8. The molecule has 5 N–H and O–H groups in total. The van der Waals surface area contributed by atoms with Crippen LogP contribution in [0.25, 0.3) is 55.2 Å². The standard InChI is InChI=1S/C22H17ClN6O.C17H15ClN2O.C5H3ClN4.HI/c1-13(28-21-19-20(25-11-24-19)26-12-27-21)17-10-14-6-5-9-16(23)18(14)22(30)29(17)15-7-3-2-4-8-15;1-11(19)15-10-12-6-5-9-14(18)16(12)17(21)20(15)13-7-3-2-4-8-13;6-4-3-5(9-1-7-3)10-2-8-4;/h2-13H,1H3,(H2,24,25,26,27,28);2-11H,19H2,1H3;1-2H,(H,7,8,9,10);1H/t13-;11-;;/m00../s1. The number of anilines is 1. The molecule has 0 aliphatic rings. The summed E-state index contributed by atoms with van der Waals surface area (Å²) in [5, 5.41) is 7.30. The van der Waals surface area contributed by atoms with E-state index >= 15 is 0 Å². The molecule has 4 aromatic carbocycles. The molecule has 0 radical (unpaired) electrons. The van der Waals surface area contributed by atoms with Gasteiger partial charge in [-0.2, -0.15) is 0 Å². The first-order valence-electron chi connectivity index (χ1n) is 18.9. The van der Waals surface area contributed by atoms with Crippen molar-refractivity contribution in [2.45, 2.75) is 25.9 Å². The Morgan fingerprint density at radius 1 is 0.597 bits per heavy atom. The number of nitrogens with two attached hydrogens (primary N) is 1. The number of hydrogen-bond acceptors (Lipinski definition) is 10. The molecule has 0 fully saturated rings. The monoisotopic (exact) mass is 996 g/mol. The summed E-state index contributed by atoms with van der Waals surface area (Å²) in [6.07, 6.45) is 5.95. The predicted molar refractivity (Wildman–Crippen MR) is 258 cm³/mol. The van der Waals surface area contributed by atoms with Gasteiger partial charge in [0.05, 0.1) is 39.5 Å². The SMILES string of the molecule is C[C@H](N)c1cc2cccc(Cl)c2c(=O)n1-c1ccccc1.C[C@H](Nc1ncnc2nc[nH]c12)c1cc2cccc(Cl)c2c(=O)n1-c1ccccc1.Clc1ncnc2nc[nH]c12.I. The molecule has 0 bridgehead atoms. The molecule has 6 heterocycles. The Morgan fingerprint density at radius 3 is 1.61 bits per heavy atom.